The van der Waals surface area contributed by atoms with E-state index in [-0.39, 0.29) is 24.6 Å². The predicted octanol–water partition coefficient (Wildman–Crippen LogP) is 6.65. The number of nitrogens with two attached hydrogens (primary N) is 1. The van der Waals surface area contributed by atoms with Gasteiger partial charge in [-0.2, -0.15) is 26.3 Å². The number of hydrogen-bond acceptors (Lipinski definition) is 3. The van der Waals surface area contributed by atoms with Crippen LogP contribution in [0.2, 0.25) is 0 Å². The van der Waals surface area contributed by atoms with Gasteiger partial charge in [-0.3, -0.25) is 4.79 Å². The quantitative estimate of drug-likeness (QED) is 0.282. The topological polar surface area (TPSA) is 78.7 Å². The summed E-state index contributed by atoms with van der Waals surface area (Å²) in [6.07, 6.45) is -5.81. The molecule has 1 aromatic rings. The van der Waals surface area contributed by atoms with E-state index >= 15 is 0 Å². The van der Waals surface area contributed by atoms with Crippen LogP contribution in [0.4, 0.5) is 35.5 Å². The van der Waals surface area contributed by atoms with Crippen molar-refractivity contribution in [3.05, 3.63) is 70.6 Å². The van der Waals surface area contributed by atoms with E-state index in [9.17, 15) is 40.3 Å². The summed E-state index contributed by atoms with van der Waals surface area (Å²) in [7, 11) is 1.30. The molecule has 6 nitrogen and oxygen atoms in total. The molecule has 3 rings (SSSR count). The molecule has 1 aromatic carbocycles. The number of nitrogens with one attached hydrogen (secondary N) is 1. The zero-order chi connectivity index (χ0) is 31.8. The summed E-state index contributed by atoms with van der Waals surface area (Å²) in [6, 6.07) is -1.87. The van der Waals surface area contributed by atoms with E-state index in [0.717, 1.165) is 4.90 Å². The van der Waals surface area contributed by atoms with E-state index in [2.05, 4.69) is 11.9 Å². The summed E-state index contributed by atoms with van der Waals surface area (Å²) in [4.78, 5) is 28.2. The number of urea groups is 1. The van der Waals surface area contributed by atoms with E-state index in [0.29, 0.717) is 42.5 Å². The molecular weight excluding hydrogens is 569 g/mol. The number of piperidine rings is 1. The maximum absolute atomic E-state index is 14.1. The Morgan fingerprint density at radius 2 is 1.71 bits per heavy atom. The van der Waals surface area contributed by atoms with Gasteiger partial charge in [0, 0.05) is 19.1 Å². The van der Waals surface area contributed by atoms with Crippen LogP contribution in [0, 0.1) is 0 Å². The van der Waals surface area contributed by atoms with Crippen LogP contribution in [-0.4, -0.2) is 53.0 Å². The number of alkyl halides is 6. The molecule has 0 aliphatic carbocycles. The van der Waals surface area contributed by atoms with Crippen molar-refractivity contribution in [3.63, 3.8) is 0 Å². The van der Waals surface area contributed by atoms with E-state index in [1.54, 1.807) is 6.92 Å². The number of nitrogens with zero attached hydrogens (tertiary/aromatic N) is 2. The van der Waals surface area contributed by atoms with Gasteiger partial charge in [0.05, 0.1) is 29.3 Å². The van der Waals surface area contributed by atoms with Crippen molar-refractivity contribution in [2.24, 2.45) is 5.73 Å². The fourth-order valence-corrected chi connectivity index (χ4v) is 5.58. The standard InChI is InChI=1S/C29H35F7N4O2/c1-6-22(30)11-16(2)17(3)24-15-27(8-7-23(38-27)25(37)41)9-10-40(24)26(42)39(5)18(4)19-12-20(28(31,32)33)14-21(13-19)29(34,35)36/h6,11-14,18,23-24,38H,3,7-10,15H2,1-2,4-5H3,(H2,37,41)/b16-11-,22-6+/t18-,23+,24+,27-/m0/s1. The second-order valence-electron chi connectivity index (χ2n) is 11.0. The number of halogens is 7. The summed E-state index contributed by atoms with van der Waals surface area (Å²) in [6.45, 7) is 8.70. The zero-order valence-corrected chi connectivity index (χ0v) is 23.8. The molecule has 0 radical (unpaired) electrons. The Bertz CT molecular complexity index is 1260. The second-order valence-corrected chi connectivity index (χ2v) is 11.0. The fourth-order valence-electron chi connectivity index (χ4n) is 5.58. The molecule has 2 aliphatic rings. The van der Waals surface area contributed by atoms with Crippen molar-refractivity contribution >= 4 is 11.9 Å². The molecule has 3 N–H and O–H groups in total. The third-order valence-corrected chi connectivity index (χ3v) is 8.29. The average molecular weight is 605 g/mol. The third-order valence-electron chi connectivity index (χ3n) is 8.29. The molecular formula is C29H35F7N4O2. The van der Waals surface area contributed by atoms with Gasteiger partial charge in [0.2, 0.25) is 5.91 Å². The monoisotopic (exact) mass is 604 g/mol. The van der Waals surface area contributed by atoms with Crippen LogP contribution >= 0.6 is 0 Å². The number of carbonyl (C=O) groups is 2. The van der Waals surface area contributed by atoms with Gasteiger partial charge in [-0.1, -0.05) is 12.7 Å². The van der Waals surface area contributed by atoms with Crippen LogP contribution in [-0.2, 0) is 17.1 Å². The van der Waals surface area contributed by atoms with Gasteiger partial charge >= 0.3 is 18.4 Å². The van der Waals surface area contributed by atoms with Crippen LogP contribution < -0.4 is 11.1 Å². The summed E-state index contributed by atoms with van der Waals surface area (Å²) in [5.41, 5.74) is 2.47. The first kappa shape index (κ1) is 33.2. The number of allylic oxidation sites excluding steroid dienone is 3. The maximum atomic E-state index is 14.1. The largest absolute Gasteiger partial charge is 0.416 e. The van der Waals surface area contributed by atoms with Gasteiger partial charge in [0.15, 0.2) is 0 Å². The van der Waals surface area contributed by atoms with E-state index in [4.69, 9.17) is 5.73 Å². The zero-order valence-electron chi connectivity index (χ0n) is 23.8. The normalized spacial score (nSPS) is 24.6. The van der Waals surface area contributed by atoms with Crippen LogP contribution in [0.5, 0.6) is 0 Å². The Balaban J connectivity index is 1.97. The molecule has 13 heteroatoms. The van der Waals surface area contributed by atoms with Crippen LogP contribution in [0.3, 0.4) is 0 Å². The minimum atomic E-state index is -5.04. The lowest BCUT2D eigenvalue weighted by molar-refractivity contribution is -0.143. The van der Waals surface area contributed by atoms with Crippen LogP contribution in [0.15, 0.2) is 53.9 Å². The molecule has 0 unspecified atom stereocenters. The Kier molecular flexibility index (Phi) is 9.55. The molecule has 42 heavy (non-hydrogen) atoms. The summed E-state index contributed by atoms with van der Waals surface area (Å²) in [5.74, 6) is -1.04. The highest BCUT2D eigenvalue weighted by Gasteiger charge is 2.48. The number of rotatable bonds is 6. The lowest BCUT2D eigenvalue weighted by Gasteiger charge is -2.47. The van der Waals surface area contributed by atoms with E-state index in [1.165, 1.54) is 37.9 Å². The van der Waals surface area contributed by atoms with Gasteiger partial charge in [-0.15, -0.1) is 0 Å². The molecule has 0 aromatic heterocycles. The number of amides is 3. The molecule has 0 bridgehead atoms. The summed E-state index contributed by atoms with van der Waals surface area (Å²) < 4.78 is 94.9. The summed E-state index contributed by atoms with van der Waals surface area (Å²) >= 11 is 0. The first-order valence-electron chi connectivity index (χ1n) is 13.4. The maximum Gasteiger partial charge on any atom is 0.416 e. The SMILES string of the molecule is C=C(/C(C)=C\C(F)=C/C)[C@H]1C[C@]2(CC[C@H](C(N)=O)N2)CCN1C(=O)N(C)[C@@H](C)c1cc(C(F)(F)F)cc(C(F)(F)F)c1. The fraction of sp³-hybridized carbons (Fsp3) is 0.517. The minimum absolute atomic E-state index is 0.0368. The van der Waals surface area contributed by atoms with Crippen molar-refractivity contribution in [2.45, 2.75) is 82.5 Å². The molecule has 2 fully saturated rings. The second kappa shape index (κ2) is 12.1. The third kappa shape index (κ3) is 7.16. The average Bonchev–Trinajstić information content (AvgIpc) is 3.33. The Morgan fingerprint density at radius 1 is 1.14 bits per heavy atom. The highest BCUT2D eigenvalue weighted by atomic mass is 19.4. The first-order valence-corrected chi connectivity index (χ1v) is 13.4. The highest BCUT2D eigenvalue weighted by molar-refractivity contribution is 5.80. The number of hydrogen-bond donors (Lipinski definition) is 2. The number of carbonyl (C=O) groups excluding carboxylic acids is 2. The van der Waals surface area contributed by atoms with E-state index < -0.39 is 64.9 Å². The minimum Gasteiger partial charge on any atom is -0.368 e. The van der Waals surface area contributed by atoms with Gasteiger partial charge < -0.3 is 20.9 Å². The Hall–Kier alpha value is -3.35. The molecule has 232 valence electrons. The molecule has 3 amide bonds. The molecule has 2 aliphatic heterocycles. The van der Waals surface area contributed by atoms with E-state index in [1.807, 2.05) is 0 Å². The van der Waals surface area contributed by atoms with Gasteiger partial charge in [-0.05, 0) is 87.4 Å². The number of primary amides is 1. The number of likely N-dealkylation sites (tertiary alicyclic amines) is 1. The molecule has 2 saturated heterocycles. The molecule has 0 saturated carbocycles. The molecule has 1 spiro atoms. The van der Waals surface area contributed by atoms with Crippen molar-refractivity contribution in [1.82, 2.24) is 15.1 Å². The Labute approximate surface area is 240 Å². The first-order chi connectivity index (χ1) is 19.3. The van der Waals surface area contributed by atoms with Crippen molar-refractivity contribution < 1.29 is 40.3 Å². The smallest absolute Gasteiger partial charge is 0.368 e. The highest BCUT2D eigenvalue weighted by Crippen LogP contribution is 2.41. The van der Waals surface area contributed by atoms with Gasteiger partial charge in [0.1, 0.15) is 5.83 Å². The van der Waals surface area contributed by atoms with Gasteiger partial charge in [0.25, 0.3) is 0 Å². The van der Waals surface area contributed by atoms with Gasteiger partial charge in [-0.25, -0.2) is 9.18 Å². The predicted molar refractivity (Wildman–Crippen MR) is 144 cm³/mol. The van der Waals surface area contributed by atoms with Crippen molar-refractivity contribution in [2.75, 3.05) is 13.6 Å². The summed E-state index contributed by atoms with van der Waals surface area (Å²) in [5, 5.41) is 3.27. The molecule has 4 atom stereocenters. The lowest BCUT2D eigenvalue weighted by Crippen LogP contribution is -2.60. The molecule has 2 heterocycles. The van der Waals surface area contributed by atoms with Crippen LogP contribution in [0.1, 0.15) is 69.2 Å². The Morgan fingerprint density at radius 3 is 2.19 bits per heavy atom. The van der Waals surface area contributed by atoms with Crippen molar-refractivity contribution in [3.8, 4) is 0 Å². The number of benzene rings is 1. The van der Waals surface area contributed by atoms with Crippen LogP contribution in [0.25, 0.3) is 0 Å². The van der Waals surface area contributed by atoms with Crippen molar-refractivity contribution in [1.29, 1.82) is 0 Å². The lowest BCUT2D eigenvalue weighted by atomic mass is 9.78.